The standard InChI is InChI=1S/C27H40FN9O7/c28-16-8-6-15(7-9-16)12-19-25(43)36-18(4-1-2-10-29)24(42)35-17(5-3-11-32-27(30)31)23(41)33-14-21(38)34-20(13-22(39)40)26(44)37-19/h6-9,17-20H,1-5,10-14,29H2,(H,33,41)(H,34,38)(H,35,42)(H,36,43)(H,37,44)(H,39,40)(H4,30,31,32)/t17-,18-,19+,20-/m0/s1. The third-order valence-corrected chi connectivity index (χ3v) is 6.60. The third kappa shape index (κ3) is 12.6. The molecule has 12 N–H and O–H groups in total. The molecule has 5 amide bonds. The first-order chi connectivity index (χ1) is 20.9. The predicted octanol–water partition coefficient (Wildman–Crippen LogP) is -2.91. The summed E-state index contributed by atoms with van der Waals surface area (Å²) in [6.07, 6.45) is 0.449. The number of carbonyl (C=O) groups excluding carboxylic acids is 5. The molecule has 1 aromatic carbocycles. The van der Waals surface area contributed by atoms with Gasteiger partial charge in [-0.25, -0.2) is 4.39 Å². The van der Waals surface area contributed by atoms with Crippen LogP contribution >= 0.6 is 0 Å². The number of nitrogens with zero attached hydrogens (tertiary/aromatic N) is 1. The van der Waals surface area contributed by atoms with E-state index in [0.717, 1.165) is 12.1 Å². The van der Waals surface area contributed by atoms with Crippen LogP contribution in [0.2, 0.25) is 0 Å². The summed E-state index contributed by atoms with van der Waals surface area (Å²) in [6, 6.07) is -0.160. The highest BCUT2D eigenvalue weighted by molar-refractivity contribution is 5.98. The van der Waals surface area contributed by atoms with Gasteiger partial charge in [0.2, 0.25) is 29.5 Å². The molecule has 0 spiro atoms. The number of hydrogen-bond acceptors (Lipinski definition) is 8. The maximum atomic E-state index is 13.5. The second kappa shape index (κ2) is 18.0. The first kappa shape index (κ1) is 35.4. The van der Waals surface area contributed by atoms with Crippen molar-refractivity contribution < 1.29 is 38.3 Å². The van der Waals surface area contributed by atoms with Crippen LogP contribution in [0.15, 0.2) is 29.3 Å². The minimum atomic E-state index is -1.61. The van der Waals surface area contributed by atoms with Gasteiger partial charge in [-0.1, -0.05) is 12.1 Å². The molecule has 16 nitrogen and oxygen atoms in total. The largest absolute Gasteiger partial charge is 0.481 e. The van der Waals surface area contributed by atoms with E-state index < -0.39 is 78.5 Å². The smallest absolute Gasteiger partial charge is 0.305 e. The van der Waals surface area contributed by atoms with Crippen LogP contribution in [0.1, 0.15) is 44.1 Å². The molecule has 1 aliphatic heterocycles. The fraction of sp³-hybridized carbons (Fsp3) is 0.519. The first-order valence-electron chi connectivity index (χ1n) is 14.1. The van der Waals surface area contributed by atoms with Crippen LogP contribution in [0.5, 0.6) is 0 Å². The van der Waals surface area contributed by atoms with Crippen LogP contribution in [0.4, 0.5) is 4.39 Å². The van der Waals surface area contributed by atoms with Crippen molar-refractivity contribution in [1.82, 2.24) is 26.6 Å². The number of carboxylic acids is 1. The molecule has 1 saturated heterocycles. The van der Waals surface area contributed by atoms with Crippen molar-refractivity contribution in [2.45, 2.75) is 69.1 Å². The van der Waals surface area contributed by atoms with Crippen molar-refractivity contribution in [1.29, 1.82) is 0 Å². The monoisotopic (exact) mass is 621 g/mol. The SMILES string of the molecule is NCCCC[C@@H]1NC(=O)[C@@H](Cc2ccc(F)cc2)NC(=O)[C@H](CC(=O)O)NC(=O)CNC(=O)[C@H](CCCN=C(N)N)NC1=O. The maximum Gasteiger partial charge on any atom is 0.305 e. The molecule has 0 unspecified atom stereocenters. The molecule has 1 fully saturated rings. The summed E-state index contributed by atoms with van der Waals surface area (Å²) in [5.74, 6) is -6.23. The van der Waals surface area contributed by atoms with Crippen LogP contribution in [-0.2, 0) is 35.2 Å². The molecule has 0 saturated carbocycles. The number of rotatable bonds is 12. The average Bonchev–Trinajstić information content (AvgIpc) is 2.96. The minimum absolute atomic E-state index is 0.0638. The number of benzene rings is 1. The van der Waals surface area contributed by atoms with Crippen LogP contribution in [0.25, 0.3) is 0 Å². The summed E-state index contributed by atoms with van der Waals surface area (Å²) in [5.41, 5.74) is 16.7. The van der Waals surface area contributed by atoms with Gasteiger partial charge in [0.25, 0.3) is 0 Å². The quantitative estimate of drug-likeness (QED) is 0.0652. The number of halogens is 1. The van der Waals surface area contributed by atoms with Gasteiger partial charge in [-0.05, 0) is 56.3 Å². The van der Waals surface area contributed by atoms with E-state index in [1.54, 1.807) is 0 Å². The normalized spacial score (nSPS) is 21.8. The summed E-state index contributed by atoms with van der Waals surface area (Å²) >= 11 is 0. The molecule has 1 heterocycles. The zero-order valence-electron chi connectivity index (χ0n) is 24.1. The number of aliphatic imine (C=N–C) groups is 1. The molecule has 242 valence electrons. The van der Waals surface area contributed by atoms with E-state index in [-0.39, 0.29) is 38.2 Å². The van der Waals surface area contributed by atoms with Gasteiger partial charge in [-0.15, -0.1) is 0 Å². The highest BCUT2D eigenvalue weighted by atomic mass is 19.1. The molecule has 0 aliphatic carbocycles. The Morgan fingerprint density at radius 1 is 0.818 bits per heavy atom. The lowest BCUT2D eigenvalue weighted by molar-refractivity contribution is -0.141. The number of carboxylic acid groups (broad SMARTS) is 1. The number of nitrogens with two attached hydrogens (primary N) is 3. The molecular weight excluding hydrogens is 581 g/mol. The molecule has 0 radical (unpaired) electrons. The lowest BCUT2D eigenvalue weighted by Gasteiger charge is -2.26. The van der Waals surface area contributed by atoms with Gasteiger partial charge in [-0.2, -0.15) is 0 Å². The highest BCUT2D eigenvalue weighted by Crippen LogP contribution is 2.10. The van der Waals surface area contributed by atoms with Crippen LogP contribution < -0.4 is 43.8 Å². The number of unbranched alkanes of at least 4 members (excludes halogenated alkanes) is 1. The Morgan fingerprint density at radius 2 is 1.39 bits per heavy atom. The fourth-order valence-corrected chi connectivity index (χ4v) is 4.34. The van der Waals surface area contributed by atoms with Crippen LogP contribution in [0, 0.1) is 5.82 Å². The van der Waals surface area contributed by atoms with Crippen LogP contribution in [0.3, 0.4) is 0 Å². The third-order valence-electron chi connectivity index (χ3n) is 6.60. The molecule has 1 aliphatic rings. The Bertz CT molecular complexity index is 1210. The minimum Gasteiger partial charge on any atom is -0.481 e. The van der Waals surface area contributed by atoms with Crippen molar-refractivity contribution in [3.63, 3.8) is 0 Å². The summed E-state index contributed by atoms with van der Waals surface area (Å²) in [7, 11) is 0. The first-order valence-corrected chi connectivity index (χ1v) is 14.1. The van der Waals surface area contributed by atoms with Crippen molar-refractivity contribution in [3.05, 3.63) is 35.6 Å². The Labute approximate surface area is 253 Å². The van der Waals surface area contributed by atoms with E-state index >= 15 is 0 Å². The van der Waals surface area contributed by atoms with Gasteiger partial charge in [0.05, 0.1) is 13.0 Å². The van der Waals surface area contributed by atoms with E-state index in [1.807, 2.05) is 0 Å². The predicted molar refractivity (Wildman–Crippen MR) is 156 cm³/mol. The van der Waals surface area contributed by atoms with Crippen LogP contribution in [-0.4, -0.2) is 90.4 Å². The van der Waals surface area contributed by atoms with E-state index in [1.165, 1.54) is 12.1 Å². The van der Waals surface area contributed by atoms with E-state index in [0.29, 0.717) is 24.9 Å². The van der Waals surface area contributed by atoms with Gasteiger partial charge in [0.1, 0.15) is 30.0 Å². The van der Waals surface area contributed by atoms with E-state index in [9.17, 15) is 38.3 Å². The summed E-state index contributed by atoms with van der Waals surface area (Å²) < 4.78 is 13.5. The van der Waals surface area contributed by atoms with E-state index in [2.05, 4.69) is 31.6 Å². The fourth-order valence-electron chi connectivity index (χ4n) is 4.34. The van der Waals surface area contributed by atoms with Gasteiger partial charge in [0, 0.05) is 13.0 Å². The summed E-state index contributed by atoms with van der Waals surface area (Å²) in [4.78, 5) is 81.1. The Hall–Kier alpha value is -4.80. The number of carbonyl (C=O) groups is 6. The zero-order valence-corrected chi connectivity index (χ0v) is 24.1. The molecule has 1 aromatic rings. The zero-order chi connectivity index (χ0) is 32.6. The van der Waals surface area contributed by atoms with Gasteiger partial charge < -0.3 is 48.9 Å². The Kier molecular flexibility index (Phi) is 14.5. The molecule has 17 heteroatoms. The Morgan fingerprint density at radius 3 is 2.00 bits per heavy atom. The lowest BCUT2D eigenvalue weighted by atomic mass is 10.0. The van der Waals surface area contributed by atoms with E-state index in [4.69, 9.17) is 17.2 Å². The van der Waals surface area contributed by atoms with Gasteiger partial charge in [0.15, 0.2) is 5.96 Å². The molecular formula is C27H40FN9O7. The topological polar surface area (TPSA) is 273 Å². The molecule has 2 rings (SSSR count). The Balaban J connectivity index is 2.45. The second-order valence-corrected chi connectivity index (χ2v) is 10.2. The van der Waals surface area contributed by atoms with Crippen molar-refractivity contribution in [3.8, 4) is 0 Å². The molecule has 44 heavy (non-hydrogen) atoms. The number of guanidine groups is 1. The number of nitrogens with one attached hydrogen (secondary N) is 5. The number of amides is 5. The molecule has 0 aromatic heterocycles. The summed E-state index contributed by atoms with van der Waals surface area (Å²) in [6.45, 7) is -0.166. The van der Waals surface area contributed by atoms with Crippen molar-refractivity contribution in [2.24, 2.45) is 22.2 Å². The average molecular weight is 622 g/mol. The molecule has 0 bridgehead atoms. The highest BCUT2D eigenvalue weighted by Gasteiger charge is 2.33. The maximum absolute atomic E-state index is 13.5. The van der Waals surface area contributed by atoms with Crippen molar-refractivity contribution >= 4 is 41.5 Å². The second-order valence-electron chi connectivity index (χ2n) is 10.2. The lowest BCUT2D eigenvalue weighted by Crippen LogP contribution is -2.58. The van der Waals surface area contributed by atoms with Gasteiger partial charge in [-0.3, -0.25) is 33.8 Å². The van der Waals surface area contributed by atoms with Crippen molar-refractivity contribution in [2.75, 3.05) is 19.6 Å². The van der Waals surface area contributed by atoms with Gasteiger partial charge >= 0.3 is 5.97 Å². The summed E-state index contributed by atoms with van der Waals surface area (Å²) in [5, 5.41) is 21.6. The number of aliphatic carboxylic acids is 1. The number of hydrogen-bond donors (Lipinski definition) is 9. The molecule has 4 atom stereocenters.